The van der Waals surface area contributed by atoms with E-state index in [9.17, 15) is 4.39 Å². The first-order valence-corrected chi connectivity index (χ1v) is 7.34. The monoisotopic (exact) mass is 263 g/mol. The lowest BCUT2D eigenvalue weighted by molar-refractivity contribution is -0.173. The van der Waals surface area contributed by atoms with Crippen molar-refractivity contribution >= 4 is 0 Å². The quantitative estimate of drug-likeness (QED) is 0.880. The van der Waals surface area contributed by atoms with Gasteiger partial charge in [-0.1, -0.05) is 24.6 Å². The molecule has 0 bridgehead atoms. The first kappa shape index (κ1) is 13.1. The number of halogens is 1. The molecule has 1 aromatic carbocycles. The van der Waals surface area contributed by atoms with Gasteiger partial charge in [0, 0.05) is 30.2 Å². The van der Waals surface area contributed by atoms with Crippen molar-refractivity contribution in [3.8, 4) is 0 Å². The summed E-state index contributed by atoms with van der Waals surface area (Å²) in [7, 11) is 0. The summed E-state index contributed by atoms with van der Waals surface area (Å²) >= 11 is 0. The summed E-state index contributed by atoms with van der Waals surface area (Å²) < 4.78 is 19.4. The largest absolute Gasteiger partial charge is 0.378 e. The zero-order valence-electron chi connectivity index (χ0n) is 11.5. The fraction of sp³-hybridized carbons (Fsp3) is 0.625. The second kappa shape index (κ2) is 5.22. The van der Waals surface area contributed by atoms with Crippen molar-refractivity contribution in [2.45, 2.75) is 51.3 Å². The van der Waals surface area contributed by atoms with Crippen LogP contribution in [0.5, 0.6) is 0 Å². The van der Waals surface area contributed by atoms with Gasteiger partial charge in [-0.3, -0.25) is 0 Å². The molecule has 2 unspecified atom stereocenters. The van der Waals surface area contributed by atoms with Crippen LogP contribution < -0.4 is 5.32 Å². The molecule has 1 spiro atoms. The number of hydrogen-bond acceptors (Lipinski definition) is 2. The molecule has 0 aliphatic heterocycles. The molecule has 3 rings (SSSR count). The first-order valence-electron chi connectivity index (χ1n) is 7.34. The lowest BCUT2D eigenvalue weighted by Gasteiger charge is -2.61. The van der Waals surface area contributed by atoms with E-state index in [0.29, 0.717) is 24.1 Å². The van der Waals surface area contributed by atoms with Crippen LogP contribution in [0.3, 0.4) is 0 Å². The molecular weight excluding hydrogens is 241 g/mol. The Balaban J connectivity index is 1.58. The van der Waals surface area contributed by atoms with Crippen LogP contribution >= 0.6 is 0 Å². The number of ether oxygens (including phenoxy) is 1. The van der Waals surface area contributed by atoms with Crippen molar-refractivity contribution in [3.63, 3.8) is 0 Å². The van der Waals surface area contributed by atoms with Gasteiger partial charge < -0.3 is 10.1 Å². The van der Waals surface area contributed by atoms with Crippen molar-refractivity contribution in [2.75, 3.05) is 6.61 Å². The highest BCUT2D eigenvalue weighted by molar-refractivity contribution is 5.18. The Hall–Kier alpha value is -0.930. The second-order valence-electron chi connectivity index (χ2n) is 5.79. The third kappa shape index (κ3) is 2.19. The van der Waals surface area contributed by atoms with Gasteiger partial charge in [-0.25, -0.2) is 4.39 Å². The standard InChI is InChI=1S/C16H22FNO/c1-2-19-15-10-14(16(15)8-5-9-16)18-11-12-6-3-4-7-13(12)17/h3-4,6-7,14-15,18H,2,5,8-11H2,1H3. The zero-order chi connectivity index (χ0) is 13.3. The summed E-state index contributed by atoms with van der Waals surface area (Å²) in [6, 6.07) is 7.51. The number of benzene rings is 1. The maximum absolute atomic E-state index is 13.6. The van der Waals surface area contributed by atoms with Gasteiger partial charge >= 0.3 is 0 Å². The summed E-state index contributed by atoms with van der Waals surface area (Å²) in [5, 5.41) is 3.54. The van der Waals surface area contributed by atoms with Gasteiger partial charge in [-0.05, 0) is 32.3 Å². The van der Waals surface area contributed by atoms with E-state index >= 15 is 0 Å². The third-order valence-electron chi connectivity index (χ3n) is 4.93. The Morgan fingerprint density at radius 1 is 1.37 bits per heavy atom. The first-order chi connectivity index (χ1) is 9.26. The van der Waals surface area contributed by atoms with E-state index in [4.69, 9.17) is 4.74 Å². The third-order valence-corrected chi connectivity index (χ3v) is 4.93. The molecule has 0 heterocycles. The normalized spacial score (nSPS) is 27.9. The molecule has 0 aromatic heterocycles. The molecule has 2 atom stereocenters. The fourth-order valence-electron chi connectivity index (χ4n) is 3.60. The maximum Gasteiger partial charge on any atom is 0.127 e. The topological polar surface area (TPSA) is 21.3 Å². The molecule has 2 fully saturated rings. The van der Waals surface area contributed by atoms with Gasteiger partial charge in [0.15, 0.2) is 0 Å². The molecule has 3 heteroatoms. The predicted octanol–water partition coefficient (Wildman–Crippen LogP) is 3.26. The van der Waals surface area contributed by atoms with Crippen LogP contribution in [0.2, 0.25) is 0 Å². The number of rotatable bonds is 5. The summed E-state index contributed by atoms with van der Waals surface area (Å²) in [5.74, 6) is -0.113. The van der Waals surface area contributed by atoms with E-state index in [-0.39, 0.29) is 5.82 Å². The van der Waals surface area contributed by atoms with Crippen molar-refractivity contribution in [3.05, 3.63) is 35.6 Å². The highest BCUT2D eigenvalue weighted by atomic mass is 19.1. The Labute approximate surface area is 114 Å². The minimum Gasteiger partial charge on any atom is -0.378 e. The molecule has 0 radical (unpaired) electrons. The summed E-state index contributed by atoms with van der Waals surface area (Å²) in [5.41, 5.74) is 1.11. The molecule has 2 nitrogen and oxygen atoms in total. The Kier molecular flexibility index (Phi) is 3.59. The average Bonchev–Trinajstić information content (AvgIpc) is 2.32. The van der Waals surface area contributed by atoms with Crippen LogP contribution in [0.25, 0.3) is 0 Å². The predicted molar refractivity (Wildman–Crippen MR) is 73.3 cm³/mol. The van der Waals surface area contributed by atoms with Crippen molar-refractivity contribution in [1.29, 1.82) is 0 Å². The average molecular weight is 263 g/mol. The van der Waals surface area contributed by atoms with Gasteiger partial charge in [-0.15, -0.1) is 0 Å². The highest BCUT2D eigenvalue weighted by Gasteiger charge is 2.58. The van der Waals surface area contributed by atoms with E-state index in [1.807, 2.05) is 12.1 Å². The lowest BCUT2D eigenvalue weighted by Crippen LogP contribution is -2.66. The van der Waals surface area contributed by atoms with Crippen LogP contribution in [0.4, 0.5) is 4.39 Å². The molecular formula is C16H22FNO. The maximum atomic E-state index is 13.6. The fourth-order valence-corrected chi connectivity index (χ4v) is 3.60. The molecule has 0 saturated heterocycles. The molecule has 104 valence electrons. The molecule has 0 amide bonds. The molecule has 1 N–H and O–H groups in total. The van der Waals surface area contributed by atoms with Crippen LogP contribution in [0.15, 0.2) is 24.3 Å². The van der Waals surface area contributed by atoms with E-state index in [1.165, 1.54) is 25.3 Å². The molecule has 19 heavy (non-hydrogen) atoms. The van der Waals surface area contributed by atoms with E-state index in [1.54, 1.807) is 6.07 Å². The van der Waals surface area contributed by atoms with Crippen molar-refractivity contribution < 1.29 is 9.13 Å². The van der Waals surface area contributed by atoms with Crippen LogP contribution in [0, 0.1) is 11.2 Å². The van der Waals surface area contributed by atoms with E-state index in [0.717, 1.165) is 18.6 Å². The van der Waals surface area contributed by atoms with Gasteiger partial charge in [0.25, 0.3) is 0 Å². The highest BCUT2D eigenvalue weighted by Crippen LogP contribution is 2.57. The SMILES string of the molecule is CCOC1CC(NCc2ccccc2F)C12CCC2. The Bertz CT molecular complexity index is 444. The van der Waals surface area contributed by atoms with Crippen molar-refractivity contribution in [2.24, 2.45) is 5.41 Å². The summed E-state index contributed by atoms with van der Waals surface area (Å²) in [6.45, 7) is 3.48. The number of nitrogens with one attached hydrogen (secondary N) is 1. The summed E-state index contributed by atoms with van der Waals surface area (Å²) in [4.78, 5) is 0. The van der Waals surface area contributed by atoms with Gasteiger partial charge in [0.05, 0.1) is 6.10 Å². The minimum atomic E-state index is -0.113. The van der Waals surface area contributed by atoms with E-state index in [2.05, 4.69) is 12.2 Å². The summed E-state index contributed by atoms with van der Waals surface area (Å²) in [6.07, 6.45) is 5.31. The molecule has 2 aliphatic carbocycles. The smallest absolute Gasteiger partial charge is 0.127 e. The lowest BCUT2D eigenvalue weighted by atomic mass is 9.51. The van der Waals surface area contributed by atoms with E-state index < -0.39 is 0 Å². The van der Waals surface area contributed by atoms with Gasteiger partial charge in [0.1, 0.15) is 5.82 Å². The molecule has 2 aliphatic rings. The Morgan fingerprint density at radius 2 is 2.16 bits per heavy atom. The van der Waals surface area contributed by atoms with Crippen LogP contribution in [0.1, 0.15) is 38.2 Å². The molecule has 2 saturated carbocycles. The second-order valence-corrected chi connectivity index (χ2v) is 5.79. The van der Waals surface area contributed by atoms with Crippen LogP contribution in [-0.4, -0.2) is 18.8 Å². The van der Waals surface area contributed by atoms with Gasteiger partial charge in [-0.2, -0.15) is 0 Å². The van der Waals surface area contributed by atoms with Crippen LogP contribution in [-0.2, 0) is 11.3 Å². The Morgan fingerprint density at radius 3 is 2.79 bits per heavy atom. The van der Waals surface area contributed by atoms with Gasteiger partial charge in [0.2, 0.25) is 0 Å². The van der Waals surface area contributed by atoms with Crippen molar-refractivity contribution in [1.82, 2.24) is 5.32 Å². The zero-order valence-corrected chi connectivity index (χ0v) is 11.5. The number of hydrogen-bond donors (Lipinski definition) is 1. The minimum absolute atomic E-state index is 0.113. The molecule has 1 aromatic rings.